The Morgan fingerprint density at radius 2 is 1.57 bits per heavy atom. The number of para-hydroxylation sites is 1. The lowest BCUT2D eigenvalue weighted by Gasteiger charge is -2.23. The zero-order valence-electron chi connectivity index (χ0n) is 17.3. The van der Waals surface area contributed by atoms with Crippen LogP contribution in [0.1, 0.15) is 44.6 Å². The summed E-state index contributed by atoms with van der Waals surface area (Å²) in [5, 5.41) is 0. The first-order valence-electron chi connectivity index (χ1n) is 9.62. The molecule has 0 atom stereocenters. The Morgan fingerprint density at radius 3 is 2.13 bits per heavy atom. The number of H-pyrrole nitrogens is 1. The Morgan fingerprint density at radius 1 is 0.967 bits per heavy atom. The number of amides is 1. The SMILES string of the molecule is COC(=O)c1c(CC(=O)N(Cc2ccccc2)c2ccccc2)[nH]c(C(C)=O)c1C. The van der Waals surface area contributed by atoms with Crippen LogP contribution >= 0.6 is 0 Å². The maximum Gasteiger partial charge on any atom is 0.339 e. The Hall–Kier alpha value is -3.67. The van der Waals surface area contributed by atoms with Crippen molar-refractivity contribution in [2.24, 2.45) is 0 Å². The first kappa shape index (κ1) is 21.0. The summed E-state index contributed by atoms with van der Waals surface area (Å²) in [4.78, 5) is 42.2. The van der Waals surface area contributed by atoms with Crippen molar-refractivity contribution in [2.75, 3.05) is 12.0 Å². The van der Waals surface area contributed by atoms with E-state index in [1.165, 1.54) is 14.0 Å². The Kier molecular flexibility index (Phi) is 6.47. The molecule has 0 aliphatic heterocycles. The van der Waals surface area contributed by atoms with Gasteiger partial charge in [0.05, 0.1) is 31.3 Å². The fraction of sp³-hybridized carbons (Fsp3) is 0.208. The summed E-state index contributed by atoms with van der Waals surface area (Å²) in [6.07, 6.45) is -0.0692. The third-order valence-corrected chi connectivity index (χ3v) is 4.95. The van der Waals surface area contributed by atoms with Gasteiger partial charge in [-0.05, 0) is 30.2 Å². The van der Waals surface area contributed by atoms with Gasteiger partial charge in [-0.1, -0.05) is 48.5 Å². The number of rotatable bonds is 7. The molecule has 3 rings (SSSR count). The fourth-order valence-corrected chi connectivity index (χ4v) is 3.47. The van der Waals surface area contributed by atoms with Crippen LogP contribution < -0.4 is 4.90 Å². The molecule has 2 aromatic carbocycles. The molecule has 0 aliphatic rings. The minimum atomic E-state index is -0.576. The van der Waals surface area contributed by atoms with Crippen molar-refractivity contribution in [1.29, 1.82) is 0 Å². The Labute approximate surface area is 175 Å². The van der Waals surface area contributed by atoms with Crippen LogP contribution in [-0.4, -0.2) is 29.8 Å². The molecule has 6 nitrogen and oxygen atoms in total. The zero-order chi connectivity index (χ0) is 21.7. The summed E-state index contributed by atoms with van der Waals surface area (Å²) in [6.45, 7) is 3.47. The molecule has 6 heteroatoms. The van der Waals surface area contributed by atoms with Gasteiger partial charge in [0.1, 0.15) is 0 Å². The molecule has 1 heterocycles. The lowest BCUT2D eigenvalue weighted by molar-refractivity contribution is -0.118. The molecular weight excluding hydrogens is 380 g/mol. The quantitative estimate of drug-likeness (QED) is 0.475. The van der Waals surface area contributed by atoms with Crippen LogP contribution in [-0.2, 0) is 22.5 Å². The molecule has 1 N–H and O–H groups in total. The van der Waals surface area contributed by atoms with E-state index in [4.69, 9.17) is 4.74 Å². The molecule has 0 fully saturated rings. The highest BCUT2D eigenvalue weighted by Crippen LogP contribution is 2.23. The van der Waals surface area contributed by atoms with Gasteiger partial charge in [0, 0.05) is 18.3 Å². The van der Waals surface area contributed by atoms with E-state index in [0.29, 0.717) is 23.5 Å². The highest BCUT2D eigenvalue weighted by molar-refractivity contribution is 6.02. The fourth-order valence-electron chi connectivity index (χ4n) is 3.47. The number of anilines is 1. The molecule has 3 aromatic rings. The lowest BCUT2D eigenvalue weighted by Crippen LogP contribution is -2.32. The molecule has 1 amide bonds. The summed E-state index contributed by atoms with van der Waals surface area (Å²) >= 11 is 0. The van der Waals surface area contributed by atoms with Gasteiger partial charge >= 0.3 is 5.97 Å². The minimum absolute atomic E-state index is 0.0692. The van der Waals surface area contributed by atoms with Gasteiger partial charge in [-0.3, -0.25) is 9.59 Å². The molecule has 154 valence electrons. The second kappa shape index (κ2) is 9.22. The molecule has 0 bridgehead atoms. The van der Waals surface area contributed by atoms with Crippen LogP contribution in [0.3, 0.4) is 0 Å². The summed E-state index contributed by atoms with van der Waals surface area (Å²) in [6, 6.07) is 19.0. The van der Waals surface area contributed by atoms with Gasteiger partial charge in [-0.25, -0.2) is 4.79 Å². The van der Waals surface area contributed by atoms with E-state index in [0.717, 1.165) is 11.3 Å². The monoisotopic (exact) mass is 404 g/mol. The summed E-state index contributed by atoms with van der Waals surface area (Å²) in [7, 11) is 1.28. The summed E-state index contributed by atoms with van der Waals surface area (Å²) in [5.41, 5.74) is 3.15. The number of aromatic nitrogens is 1. The average molecular weight is 404 g/mol. The van der Waals surface area contributed by atoms with Gasteiger partial charge in [-0.15, -0.1) is 0 Å². The number of methoxy groups -OCH3 is 1. The number of aromatic amines is 1. The van der Waals surface area contributed by atoms with Crippen molar-refractivity contribution in [3.63, 3.8) is 0 Å². The molecule has 0 spiro atoms. The first-order chi connectivity index (χ1) is 14.4. The molecule has 0 aliphatic carbocycles. The molecule has 0 saturated carbocycles. The zero-order valence-corrected chi connectivity index (χ0v) is 17.3. The van der Waals surface area contributed by atoms with E-state index >= 15 is 0 Å². The molecule has 30 heavy (non-hydrogen) atoms. The standard InChI is InChI=1S/C24H24N2O4/c1-16-22(24(29)30-3)20(25-23(16)17(2)27)14-21(28)26(19-12-8-5-9-13-19)15-18-10-6-4-7-11-18/h4-13,25H,14-15H2,1-3H3. The number of Topliss-reactive ketones (excluding diaryl/α,β-unsaturated/α-hetero) is 1. The number of ether oxygens (including phenoxy) is 1. The van der Waals surface area contributed by atoms with Crippen LogP contribution in [0, 0.1) is 6.92 Å². The predicted octanol–water partition coefficient (Wildman–Crippen LogP) is 4.09. The van der Waals surface area contributed by atoms with Crippen molar-refractivity contribution in [3.05, 3.63) is 88.7 Å². The van der Waals surface area contributed by atoms with Crippen LogP contribution in [0.25, 0.3) is 0 Å². The van der Waals surface area contributed by atoms with Crippen LogP contribution in [0.4, 0.5) is 5.69 Å². The number of nitrogens with zero attached hydrogens (tertiary/aromatic N) is 1. The highest BCUT2D eigenvalue weighted by Gasteiger charge is 2.26. The van der Waals surface area contributed by atoms with E-state index in [1.807, 2.05) is 60.7 Å². The van der Waals surface area contributed by atoms with Crippen molar-refractivity contribution in [2.45, 2.75) is 26.8 Å². The number of carbonyl (C=O) groups excluding carboxylic acids is 3. The molecule has 1 aromatic heterocycles. The lowest BCUT2D eigenvalue weighted by atomic mass is 10.1. The van der Waals surface area contributed by atoms with Crippen LogP contribution in [0.15, 0.2) is 60.7 Å². The Bertz CT molecular complexity index is 1060. The van der Waals surface area contributed by atoms with Crippen molar-refractivity contribution in [3.8, 4) is 0 Å². The second-order valence-corrected chi connectivity index (χ2v) is 7.00. The molecule has 0 unspecified atom stereocenters. The maximum absolute atomic E-state index is 13.3. The van der Waals surface area contributed by atoms with E-state index in [1.54, 1.807) is 11.8 Å². The number of hydrogen-bond donors (Lipinski definition) is 1. The molecular formula is C24H24N2O4. The van der Waals surface area contributed by atoms with Gasteiger partial charge in [0.15, 0.2) is 5.78 Å². The predicted molar refractivity (Wildman–Crippen MR) is 115 cm³/mol. The van der Waals surface area contributed by atoms with E-state index in [9.17, 15) is 14.4 Å². The third-order valence-electron chi connectivity index (χ3n) is 4.95. The van der Waals surface area contributed by atoms with Gasteiger partial charge < -0.3 is 14.6 Å². The summed E-state index contributed by atoms with van der Waals surface area (Å²) < 4.78 is 4.88. The third kappa shape index (κ3) is 4.49. The minimum Gasteiger partial charge on any atom is -0.465 e. The number of nitrogens with one attached hydrogen (secondary N) is 1. The van der Waals surface area contributed by atoms with Crippen LogP contribution in [0.5, 0.6) is 0 Å². The average Bonchev–Trinajstić information content (AvgIpc) is 3.08. The number of hydrogen-bond acceptors (Lipinski definition) is 4. The number of esters is 1. The largest absolute Gasteiger partial charge is 0.465 e. The maximum atomic E-state index is 13.3. The topological polar surface area (TPSA) is 79.5 Å². The van der Waals surface area contributed by atoms with Gasteiger partial charge in [0.2, 0.25) is 5.91 Å². The van der Waals surface area contributed by atoms with E-state index < -0.39 is 5.97 Å². The normalized spacial score (nSPS) is 10.5. The van der Waals surface area contributed by atoms with Crippen molar-refractivity contribution < 1.29 is 19.1 Å². The van der Waals surface area contributed by atoms with E-state index in [-0.39, 0.29) is 23.7 Å². The second-order valence-electron chi connectivity index (χ2n) is 7.00. The molecule has 0 radical (unpaired) electrons. The first-order valence-corrected chi connectivity index (χ1v) is 9.62. The summed E-state index contributed by atoms with van der Waals surface area (Å²) in [5.74, 6) is -0.986. The molecule has 0 saturated heterocycles. The van der Waals surface area contributed by atoms with Crippen molar-refractivity contribution in [1.82, 2.24) is 4.98 Å². The smallest absolute Gasteiger partial charge is 0.339 e. The van der Waals surface area contributed by atoms with E-state index in [2.05, 4.69) is 4.98 Å². The number of ketones is 1. The van der Waals surface area contributed by atoms with Gasteiger partial charge in [0.25, 0.3) is 0 Å². The van der Waals surface area contributed by atoms with Gasteiger partial charge in [-0.2, -0.15) is 0 Å². The highest BCUT2D eigenvalue weighted by atomic mass is 16.5. The number of carbonyl (C=O) groups is 3. The van der Waals surface area contributed by atoms with Crippen LogP contribution in [0.2, 0.25) is 0 Å². The van der Waals surface area contributed by atoms with Crippen molar-refractivity contribution >= 4 is 23.3 Å². The number of benzene rings is 2. The Balaban J connectivity index is 1.97.